The molecule has 0 saturated carbocycles. The van der Waals surface area contributed by atoms with Gasteiger partial charge in [-0.15, -0.1) is 0 Å². The van der Waals surface area contributed by atoms with E-state index in [1.54, 1.807) is 0 Å². The van der Waals surface area contributed by atoms with Crippen molar-refractivity contribution in [3.05, 3.63) is 35.0 Å². The first kappa shape index (κ1) is 12.1. The lowest BCUT2D eigenvalue weighted by Gasteiger charge is -1.97. The summed E-state index contributed by atoms with van der Waals surface area (Å²) >= 11 is 5.89. The number of rotatable bonds is 1. The van der Waals surface area contributed by atoms with Gasteiger partial charge >= 0.3 is 0 Å². The van der Waals surface area contributed by atoms with Crippen LogP contribution in [0.2, 0.25) is 5.02 Å². The van der Waals surface area contributed by atoms with E-state index in [1.165, 1.54) is 11.1 Å². The van der Waals surface area contributed by atoms with Gasteiger partial charge in [-0.05, 0) is 29.5 Å². The Bertz CT molecular complexity index is 429. The standard InChI is InChI=1S/C11H12ClN.C2H6/c1-7(2)10-5-8-3-4-9(12)6-11(8)13-10;1-2/h3-7,13H,1-2H3;1-2H3. The second kappa shape index (κ2) is 5.22. The Morgan fingerprint density at radius 1 is 1.13 bits per heavy atom. The number of benzene rings is 1. The molecule has 0 fully saturated rings. The van der Waals surface area contributed by atoms with Gasteiger partial charge in [-0.1, -0.05) is 45.4 Å². The lowest BCUT2D eigenvalue weighted by Crippen LogP contribution is -1.84. The maximum Gasteiger partial charge on any atom is 0.0471 e. The summed E-state index contributed by atoms with van der Waals surface area (Å²) in [7, 11) is 0. The average Bonchev–Trinajstić information content (AvgIpc) is 2.63. The number of aromatic nitrogens is 1. The third-order valence-electron chi connectivity index (χ3n) is 2.23. The average molecular weight is 224 g/mol. The zero-order valence-electron chi connectivity index (χ0n) is 9.76. The largest absolute Gasteiger partial charge is 0.358 e. The van der Waals surface area contributed by atoms with Crippen LogP contribution in [0, 0.1) is 0 Å². The fourth-order valence-electron chi connectivity index (χ4n) is 1.43. The molecule has 1 nitrogen and oxygen atoms in total. The predicted octanol–water partition coefficient (Wildman–Crippen LogP) is 4.97. The molecule has 2 rings (SSSR count). The molecule has 0 bridgehead atoms. The first-order valence-corrected chi connectivity index (χ1v) is 5.83. The molecule has 0 amide bonds. The number of hydrogen-bond donors (Lipinski definition) is 1. The first-order valence-electron chi connectivity index (χ1n) is 5.45. The molecule has 2 aromatic rings. The number of halogens is 1. The van der Waals surface area contributed by atoms with Gasteiger partial charge in [0.15, 0.2) is 0 Å². The third-order valence-corrected chi connectivity index (χ3v) is 2.46. The summed E-state index contributed by atoms with van der Waals surface area (Å²) < 4.78 is 0. The molecule has 1 heterocycles. The topological polar surface area (TPSA) is 15.8 Å². The van der Waals surface area contributed by atoms with Gasteiger partial charge in [-0.3, -0.25) is 0 Å². The minimum Gasteiger partial charge on any atom is -0.358 e. The summed E-state index contributed by atoms with van der Waals surface area (Å²) in [5, 5.41) is 2.01. The molecule has 0 atom stereocenters. The van der Waals surface area contributed by atoms with Crippen molar-refractivity contribution in [1.29, 1.82) is 0 Å². The van der Waals surface area contributed by atoms with Crippen LogP contribution in [0.4, 0.5) is 0 Å². The zero-order valence-corrected chi connectivity index (χ0v) is 10.5. The Labute approximate surface area is 96.5 Å². The number of aromatic amines is 1. The van der Waals surface area contributed by atoms with E-state index >= 15 is 0 Å². The van der Waals surface area contributed by atoms with Crippen LogP contribution >= 0.6 is 11.6 Å². The SMILES string of the molecule is CC.CC(C)c1cc2ccc(Cl)cc2[nH]1. The molecule has 15 heavy (non-hydrogen) atoms. The van der Waals surface area contributed by atoms with Gasteiger partial charge in [-0.25, -0.2) is 0 Å². The van der Waals surface area contributed by atoms with E-state index in [0.717, 1.165) is 10.5 Å². The Morgan fingerprint density at radius 2 is 1.80 bits per heavy atom. The lowest BCUT2D eigenvalue weighted by molar-refractivity contribution is 0.836. The predicted molar refractivity (Wildman–Crippen MR) is 68.7 cm³/mol. The highest BCUT2D eigenvalue weighted by Gasteiger charge is 2.03. The minimum absolute atomic E-state index is 0.533. The first-order chi connectivity index (χ1) is 7.16. The summed E-state index contributed by atoms with van der Waals surface area (Å²) in [6.45, 7) is 8.35. The van der Waals surface area contributed by atoms with Crippen molar-refractivity contribution < 1.29 is 0 Å². The summed E-state index contributed by atoms with van der Waals surface area (Å²) in [4.78, 5) is 3.35. The molecule has 82 valence electrons. The van der Waals surface area contributed by atoms with Gasteiger partial charge in [0.2, 0.25) is 0 Å². The van der Waals surface area contributed by atoms with Crippen molar-refractivity contribution in [3.8, 4) is 0 Å². The Morgan fingerprint density at radius 3 is 2.40 bits per heavy atom. The van der Waals surface area contributed by atoms with Crippen molar-refractivity contribution in [1.82, 2.24) is 4.98 Å². The zero-order chi connectivity index (χ0) is 11.4. The number of H-pyrrole nitrogens is 1. The van der Waals surface area contributed by atoms with E-state index in [4.69, 9.17) is 11.6 Å². The number of hydrogen-bond acceptors (Lipinski definition) is 0. The van der Waals surface area contributed by atoms with E-state index in [9.17, 15) is 0 Å². The molecule has 0 aliphatic heterocycles. The second-order valence-corrected chi connectivity index (χ2v) is 4.05. The van der Waals surface area contributed by atoms with Crippen molar-refractivity contribution in [2.24, 2.45) is 0 Å². The fourth-order valence-corrected chi connectivity index (χ4v) is 1.60. The second-order valence-electron chi connectivity index (χ2n) is 3.61. The van der Waals surface area contributed by atoms with Crippen molar-refractivity contribution in [2.75, 3.05) is 0 Å². The normalized spacial score (nSPS) is 10.3. The molecule has 0 aliphatic carbocycles. The number of nitrogens with one attached hydrogen (secondary N) is 1. The van der Waals surface area contributed by atoms with Gasteiger partial charge in [0.1, 0.15) is 0 Å². The summed E-state index contributed by atoms with van der Waals surface area (Å²) in [6.07, 6.45) is 0. The van der Waals surface area contributed by atoms with Crippen molar-refractivity contribution in [3.63, 3.8) is 0 Å². The van der Waals surface area contributed by atoms with Gasteiger partial charge in [0.05, 0.1) is 0 Å². The van der Waals surface area contributed by atoms with E-state index in [2.05, 4.69) is 24.9 Å². The van der Waals surface area contributed by atoms with Crippen LogP contribution in [0.5, 0.6) is 0 Å². The monoisotopic (exact) mass is 223 g/mol. The molecule has 0 radical (unpaired) electrons. The van der Waals surface area contributed by atoms with Crippen LogP contribution in [0.25, 0.3) is 10.9 Å². The van der Waals surface area contributed by atoms with Crippen LogP contribution in [0.3, 0.4) is 0 Å². The summed E-state index contributed by atoms with van der Waals surface area (Å²) in [5.74, 6) is 0.533. The summed E-state index contributed by atoms with van der Waals surface area (Å²) in [5.41, 5.74) is 2.38. The minimum atomic E-state index is 0.533. The highest BCUT2D eigenvalue weighted by molar-refractivity contribution is 6.31. The maximum absolute atomic E-state index is 5.89. The molecule has 0 saturated heterocycles. The van der Waals surface area contributed by atoms with Crippen LogP contribution in [0.1, 0.15) is 39.3 Å². The highest BCUT2D eigenvalue weighted by atomic mass is 35.5. The highest BCUT2D eigenvalue weighted by Crippen LogP contribution is 2.23. The molecular weight excluding hydrogens is 206 g/mol. The number of fused-ring (bicyclic) bond motifs is 1. The quantitative estimate of drug-likeness (QED) is 0.703. The Hall–Kier alpha value is -0.950. The molecular formula is C13H18ClN. The maximum atomic E-state index is 5.89. The Balaban J connectivity index is 0.000000531. The van der Waals surface area contributed by atoms with E-state index < -0.39 is 0 Å². The van der Waals surface area contributed by atoms with E-state index in [-0.39, 0.29) is 0 Å². The smallest absolute Gasteiger partial charge is 0.0471 e. The van der Waals surface area contributed by atoms with Crippen molar-refractivity contribution in [2.45, 2.75) is 33.6 Å². The van der Waals surface area contributed by atoms with Crippen LogP contribution < -0.4 is 0 Å². The third kappa shape index (κ3) is 2.75. The Kier molecular flexibility index (Phi) is 4.22. The molecule has 1 aromatic carbocycles. The lowest BCUT2D eigenvalue weighted by atomic mass is 10.1. The molecule has 1 N–H and O–H groups in total. The molecule has 0 aliphatic rings. The van der Waals surface area contributed by atoms with Crippen molar-refractivity contribution >= 4 is 22.5 Å². The van der Waals surface area contributed by atoms with Gasteiger partial charge in [-0.2, -0.15) is 0 Å². The summed E-state index contributed by atoms with van der Waals surface area (Å²) in [6, 6.07) is 8.10. The van der Waals surface area contributed by atoms with Gasteiger partial charge < -0.3 is 4.98 Å². The van der Waals surface area contributed by atoms with Crippen LogP contribution in [0.15, 0.2) is 24.3 Å². The van der Waals surface area contributed by atoms with E-state index in [1.807, 2.05) is 32.0 Å². The molecule has 0 unspecified atom stereocenters. The molecule has 0 spiro atoms. The van der Waals surface area contributed by atoms with E-state index in [0.29, 0.717) is 5.92 Å². The van der Waals surface area contributed by atoms with Crippen LogP contribution in [-0.2, 0) is 0 Å². The van der Waals surface area contributed by atoms with Crippen LogP contribution in [-0.4, -0.2) is 4.98 Å². The fraction of sp³-hybridized carbons (Fsp3) is 0.385. The van der Waals surface area contributed by atoms with Gasteiger partial charge in [0.25, 0.3) is 0 Å². The molecule has 2 heteroatoms. The molecule has 1 aromatic heterocycles. The van der Waals surface area contributed by atoms with Gasteiger partial charge in [0, 0.05) is 16.2 Å².